The maximum atomic E-state index is 12.6. The number of ether oxygens (including phenoxy) is 4. The van der Waals surface area contributed by atoms with Gasteiger partial charge in [0, 0.05) is 25.2 Å². The molecule has 3 heterocycles. The molecule has 1 saturated heterocycles. The number of esters is 2. The second kappa shape index (κ2) is 12.1. The lowest BCUT2D eigenvalue weighted by atomic mass is 9.63. The summed E-state index contributed by atoms with van der Waals surface area (Å²) in [4.78, 5) is 24.2. The van der Waals surface area contributed by atoms with Crippen LogP contribution in [0.15, 0.2) is 94.9 Å². The van der Waals surface area contributed by atoms with Gasteiger partial charge in [0.05, 0.1) is 23.4 Å². The van der Waals surface area contributed by atoms with Crippen molar-refractivity contribution in [3.63, 3.8) is 0 Å². The quantitative estimate of drug-likeness (QED) is 0.129. The summed E-state index contributed by atoms with van der Waals surface area (Å²) in [5.74, 6) is -0.133. The first-order valence-corrected chi connectivity index (χ1v) is 16.4. The van der Waals surface area contributed by atoms with Gasteiger partial charge >= 0.3 is 11.9 Å². The fourth-order valence-electron chi connectivity index (χ4n) is 8.32. The molecule has 5 rings (SSSR count). The van der Waals surface area contributed by atoms with Crippen molar-refractivity contribution < 1.29 is 33.6 Å². The number of aliphatic hydroxyl groups is 1. The van der Waals surface area contributed by atoms with Crippen LogP contribution in [0.5, 0.6) is 0 Å². The van der Waals surface area contributed by atoms with Gasteiger partial charge in [-0.15, -0.1) is 0 Å². The van der Waals surface area contributed by atoms with E-state index in [1.54, 1.807) is 12.2 Å². The first-order valence-electron chi connectivity index (χ1n) is 16.4. The molecule has 1 N–H and O–H groups in total. The number of aliphatic hydroxyl groups excluding tert-OH is 1. The molecule has 2 saturated carbocycles. The van der Waals surface area contributed by atoms with Gasteiger partial charge in [0.2, 0.25) is 0 Å². The highest BCUT2D eigenvalue weighted by molar-refractivity contribution is 5.95. The van der Waals surface area contributed by atoms with Gasteiger partial charge in [-0.3, -0.25) is 4.79 Å². The van der Waals surface area contributed by atoms with Crippen LogP contribution >= 0.6 is 0 Å². The van der Waals surface area contributed by atoms with E-state index < -0.39 is 16.8 Å². The average Bonchev–Trinajstić information content (AvgIpc) is 3.16. The molecule has 0 radical (unpaired) electrons. The van der Waals surface area contributed by atoms with Gasteiger partial charge in [0.1, 0.15) is 23.1 Å². The van der Waals surface area contributed by atoms with Gasteiger partial charge in [-0.25, -0.2) is 4.79 Å². The van der Waals surface area contributed by atoms with Crippen molar-refractivity contribution in [3.05, 3.63) is 94.9 Å². The van der Waals surface area contributed by atoms with Crippen LogP contribution in [-0.2, 0) is 28.5 Å². The number of rotatable bonds is 8. The third kappa shape index (κ3) is 6.60. The Balaban J connectivity index is 1.17. The smallest absolute Gasteiger partial charge is 0.343 e. The molecular formula is C39H50O7. The minimum Gasteiger partial charge on any atom is -0.462 e. The molecule has 248 valence electrons. The molecule has 7 nitrogen and oxygen atoms in total. The van der Waals surface area contributed by atoms with Gasteiger partial charge in [0.15, 0.2) is 0 Å². The maximum absolute atomic E-state index is 12.6. The number of hydrogen-bond donors (Lipinski definition) is 1. The molecule has 6 unspecified atom stereocenters. The van der Waals surface area contributed by atoms with E-state index in [1.807, 2.05) is 56.4 Å². The van der Waals surface area contributed by atoms with E-state index in [9.17, 15) is 14.7 Å². The molecule has 3 aliphatic heterocycles. The Kier molecular flexibility index (Phi) is 8.95. The molecule has 5 aliphatic rings. The van der Waals surface area contributed by atoms with Crippen molar-refractivity contribution in [1.82, 2.24) is 0 Å². The van der Waals surface area contributed by atoms with E-state index >= 15 is 0 Å². The third-order valence-corrected chi connectivity index (χ3v) is 10.3. The average molecular weight is 631 g/mol. The van der Waals surface area contributed by atoms with Crippen LogP contribution in [0.4, 0.5) is 0 Å². The summed E-state index contributed by atoms with van der Waals surface area (Å²) in [6, 6.07) is 0. The van der Waals surface area contributed by atoms with Crippen molar-refractivity contribution in [1.29, 1.82) is 0 Å². The van der Waals surface area contributed by atoms with Gasteiger partial charge < -0.3 is 24.1 Å². The highest BCUT2D eigenvalue weighted by Crippen LogP contribution is 2.66. The molecule has 2 aliphatic carbocycles. The van der Waals surface area contributed by atoms with E-state index in [-0.39, 0.29) is 41.1 Å². The SMILES string of the molecule is CC(=O)OC1CC(C)(C)C2=CC(/C(C)=C/C=C/C=C/C=C(C)/C=C3C=C(/C=C/C45OC4(C)CC(O)CC5(C)C)C(=O)O\3)OC2(C)C1. The molecular weight excluding hydrogens is 580 g/mol. The van der Waals surface area contributed by atoms with Gasteiger partial charge in [-0.1, -0.05) is 64.2 Å². The van der Waals surface area contributed by atoms with Crippen LogP contribution in [0, 0.1) is 10.8 Å². The highest BCUT2D eigenvalue weighted by Gasteiger charge is 2.74. The summed E-state index contributed by atoms with van der Waals surface area (Å²) in [5, 5.41) is 10.3. The topological polar surface area (TPSA) is 94.6 Å². The lowest BCUT2D eigenvalue weighted by molar-refractivity contribution is -0.154. The van der Waals surface area contributed by atoms with Crippen molar-refractivity contribution in [2.45, 2.75) is 123 Å². The Hall–Kier alpha value is -3.26. The van der Waals surface area contributed by atoms with E-state index in [2.05, 4.69) is 53.7 Å². The Bertz CT molecular complexity index is 1530. The third-order valence-electron chi connectivity index (χ3n) is 10.3. The van der Waals surface area contributed by atoms with Gasteiger partial charge in [-0.05, 0) is 93.1 Å². The molecule has 6 atom stereocenters. The van der Waals surface area contributed by atoms with Crippen molar-refractivity contribution in [2.75, 3.05) is 0 Å². The number of hydrogen-bond acceptors (Lipinski definition) is 7. The molecule has 7 heteroatoms. The molecule has 0 aromatic heterocycles. The summed E-state index contributed by atoms with van der Waals surface area (Å²) < 4.78 is 23.8. The van der Waals surface area contributed by atoms with Gasteiger partial charge in [-0.2, -0.15) is 0 Å². The second-order valence-corrected chi connectivity index (χ2v) is 15.3. The Morgan fingerprint density at radius 2 is 1.65 bits per heavy atom. The molecule has 0 bridgehead atoms. The summed E-state index contributed by atoms with van der Waals surface area (Å²) >= 11 is 0. The molecule has 0 aromatic carbocycles. The number of cyclic esters (lactones) is 1. The van der Waals surface area contributed by atoms with E-state index in [1.165, 1.54) is 12.5 Å². The second-order valence-electron chi connectivity index (χ2n) is 15.3. The van der Waals surface area contributed by atoms with E-state index in [0.717, 1.165) is 17.6 Å². The monoisotopic (exact) mass is 630 g/mol. The first kappa shape index (κ1) is 34.1. The van der Waals surface area contributed by atoms with Crippen LogP contribution in [0.3, 0.4) is 0 Å². The van der Waals surface area contributed by atoms with Crippen molar-refractivity contribution in [3.8, 4) is 0 Å². The number of fused-ring (bicyclic) bond motifs is 2. The van der Waals surface area contributed by atoms with Gasteiger partial charge in [0.25, 0.3) is 0 Å². The zero-order valence-electron chi connectivity index (χ0n) is 28.8. The van der Waals surface area contributed by atoms with E-state index in [4.69, 9.17) is 18.9 Å². The Morgan fingerprint density at radius 3 is 2.33 bits per heavy atom. The number of allylic oxidation sites excluding steroid dienone is 9. The Morgan fingerprint density at radius 1 is 0.957 bits per heavy atom. The number of carbonyl (C=O) groups is 2. The van der Waals surface area contributed by atoms with Crippen LogP contribution in [0.25, 0.3) is 0 Å². The largest absolute Gasteiger partial charge is 0.462 e. The first-order chi connectivity index (χ1) is 21.4. The Labute approximate surface area is 274 Å². The lowest BCUT2D eigenvalue weighted by Crippen LogP contribution is -2.46. The predicted octanol–water partition coefficient (Wildman–Crippen LogP) is 7.46. The van der Waals surface area contributed by atoms with Crippen LogP contribution in [-0.4, -0.2) is 52.2 Å². The minimum atomic E-state index is -0.500. The van der Waals surface area contributed by atoms with Crippen LogP contribution < -0.4 is 0 Å². The van der Waals surface area contributed by atoms with E-state index in [0.29, 0.717) is 30.6 Å². The highest BCUT2D eigenvalue weighted by atomic mass is 16.6. The summed E-state index contributed by atoms with van der Waals surface area (Å²) in [5.41, 5.74) is 2.06. The fourth-order valence-corrected chi connectivity index (χ4v) is 8.32. The number of epoxide rings is 1. The lowest BCUT2D eigenvalue weighted by Gasteiger charge is -2.45. The molecule has 3 fully saturated rings. The number of carbonyl (C=O) groups excluding carboxylic acids is 2. The maximum Gasteiger partial charge on any atom is 0.343 e. The summed E-state index contributed by atoms with van der Waals surface area (Å²) in [6.07, 6.45) is 23.5. The fraction of sp³-hybridized carbons (Fsp3) is 0.538. The summed E-state index contributed by atoms with van der Waals surface area (Å²) in [6.45, 7) is 18.2. The van der Waals surface area contributed by atoms with Crippen LogP contribution in [0.2, 0.25) is 0 Å². The zero-order valence-corrected chi connectivity index (χ0v) is 28.8. The summed E-state index contributed by atoms with van der Waals surface area (Å²) in [7, 11) is 0. The molecule has 0 amide bonds. The standard InChI is InChI=1S/C39H50O7/c1-25(18-30-19-28(34(42)44-30)16-17-39-36(6,7)21-29(41)22-38(39,9)46-39)14-12-10-11-13-15-26(2)32-20-33-35(4,5)23-31(43-27(3)40)24-37(33,8)45-32/h10-20,29,31-32,41H,21-24H2,1-9H3/b12-10+,13-11+,17-16+,25-14+,26-15+,30-18+. The van der Waals surface area contributed by atoms with Crippen molar-refractivity contribution >= 4 is 11.9 Å². The predicted molar refractivity (Wildman–Crippen MR) is 178 cm³/mol. The molecule has 0 spiro atoms. The minimum absolute atomic E-state index is 0.115. The van der Waals surface area contributed by atoms with Crippen molar-refractivity contribution in [2.24, 2.45) is 10.8 Å². The normalized spacial score (nSPS) is 37.8. The zero-order chi connectivity index (χ0) is 33.7. The van der Waals surface area contributed by atoms with Crippen LogP contribution in [0.1, 0.15) is 88.0 Å². The molecule has 46 heavy (non-hydrogen) atoms. The molecule has 0 aromatic rings.